The van der Waals surface area contributed by atoms with Gasteiger partial charge in [-0.2, -0.15) is 0 Å². The first-order valence-electron chi connectivity index (χ1n) is 9.77. The lowest BCUT2D eigenvalue weighted by atomic mass is 9.90. The van der Waals surface area contributed by atoms with Gasteiger partial charge in [-0.3, -0.25) is 0 Å². The van der Waals surface area contributed by atoms with Gasteiger partial charge in [0.1, 0.15) is 0 Å². The topological polar surface area (TPSA) is 54.4 Å². The molecule has 2 aromatic rings. The van der Waals surface area contributed by atoms with Crippen molar-refractivity contribution in [2.75, 3.05) is 0 Å². The van der Waals surface area contributed by atoms with E-state index in [2.05, 4.69) is 0 Å². The molecule has 4 unspecified atom stereocenters. The number of hydrogen-bond donors (Lipinski definition) is 1. The third kappa shape index (κ3) is 4.19. The van der Waals surface area contributed by atoms with Crippen molar-refractivity contribution in [2.24, 2.45) is 11.8 Å². The SMILES string of the molecule is O=S1(=O)C=CC2C1C(C=Cc1ccccc1)CC2(O)C=CC=Cc1ccccc1. The van der Waals surface area contributed by atoms with Gasteiger partial charge in [0.25, 0.3) is 0 Å². The van der Waals surface area contributed by atoms with Crippen LogP contribution in [-0.2, 0) is 9.84 Å². The molecule has 4 atom stereocenters. The highest BCUT2D eigenvalue weighted by molar-refractivity contribution is 7.95. The molecular formula is C25H24O3S. The van der Waals surface area contributed by atoms with Gasteiger partial charge in [-0.25, -0.2) is 8.42 Å². The lowest BCUT2D eigenvalue weighted by molar-refractivity contribution is 0.0690. The number of sulfone groups is 1. The molecule has 4 rings (SSSR count). The standard InChI is InChI=1S/C25H24O3S/c26-25(17-8-7-13-20-9-3-1-4-10-20)19-22(15-14-21-11-5-2-6-12-21)24-23(25)16-18-29(24,27)28/h1-18,22-24,26H,19H2. The van der Waals surface area contributed by atoms with Crippen molar-refractivity contribution in [3.8, 4) is 0 Å². The van der Waals surface area contributed by atoms with Gasteiger partial charge in [0.2, 0.25) is 0 Å². The van der Waals surface area contributed by atoms with Gasteiger partial charge in [-0.05, 0) is 23.5 Å². The Morgan fingerprint density at radius 1 is 0.897 bits per heavy atom. The van der Waals surface area contributed by atoms with Crippen molar-refractivity contribution in [3.05, 3.63) is 108 Å². The number of hydrogen-bond acceptors (Lipinski definition) is 3. The molecule has 0 saturated heterocycles. The summed E-state index contributed by atoms with van der Waals surface area (Å²) < 4.78 is 25.2. The smallest absolute Gasteiger partial charge is 0.175 e. The normalized spacial score (nSPS) is 30.6. The van der Waals surface area contributed by atoms with Crippen LogP contribution in [0.2, 0.25) is 0 Å². The Kier molecular flexibility index (Phi) is 5.39. The van der Waals surface area contributed by atoms with E-state index in [9.17, 15) is 13.5 Å². The molecule has 1 N–H and O–H groups in total. The average molecular weight is 405 g/mol. The average Bonchev–Trinajstić information content (AvgIpc) is 3.21. The predicted molar refractivity (Wildman–Crippen MR) is 118 cm³/mol. The van der Waals surface area contributed by atoms with Gasteiger partial charge >= 0.3 is 0 Å². The maximum atomic E-state index is 12.6. The van der Waals surface area contributed by atoms with E-state index < -0.39 is 26.6 Å². The van der Waals surface area contributed by atoms with Gasteiger partial charge in [0.15, 0.2) is 9.84 Å². The van der Waals surface area contributed by atoms with E-state index in [1.807, 2.05) is 91.0 Å². The maximum absolute atomic E-state index is 12.6. The summed E-state index contributed by atoms with van der Waals surface area (Å²) in [6.45, 7) is 0. The first-order valence-corrected chi connectivity index (χ1v) is 11.4. The molecule has 0 amide bonds. The fourth-order valence-corrected chi connectivity index (χ4v) is 6.28. The van der Waals surface area contributed by atoms with E-state index in [0.717, 1.165) is 11.1 Å². The van der Waals surface area contributed by atoms with Crippen LogP contribution in [0.3, 0.4) is 0 Å². The minimum absolute atomic E-state index is 0.243. The Labute approximate surface area is 172 Å². The van der Waals surface area contributed by atoms with E-state index >= 15 is 0 Å². The number of rotatable bonds is 5. The van der Waals surface area contributed by atoms with Crippen LogP contribution in [0.1, 0.15) is 17.5 Å². The van der Waals surface area contributed by atoms with Crippen LogP contribution in [0.25, 0.3) is 12.2 Å². The molecule has 0 radical (unpaired) electrons. The van der Waals surface area contributed by atoms with E-state index in [-0.39, 0.29) is 5.92 Å². The molecule has 0 aromatic heterocycles. The quantitative estimate of drug-likeness (QED) is 0.738. The van der Waals surface area contributed by atoms with Crippen LogP contribution in [0.4, 0.5) is 0 Å². The Morgan fingerprint density at radius 2 is 1.52 bits per heavy atom. The number of fused-ring (bicyclic) bond motifs is 1. The van der Waals surface area contributed by atoms with Crippen LogP contribution >= 0.6 is 0 Å². The molecule has 0 spiro atoms. The first-order chi connectivity index (χ1) is 14.0. The molecule has 1 aliphatic heterocycles. The minimum atomic E-state index is -3.37. The highest BCUT2D eigenvalue weighted by Crippen LogP contribution is 2.49. The second-order valence-corrected chi connectivity index (χ2v) is 9.66. The van der Waals surface area contributed by atoms with Crippen LogP contribution in [-0.4, -0.2) is 24.4 Å². The number of allylic oxidation sites excluding steroid dienone is 3. The van der Waals surface area contributed by atoms with Crippen LogP contribution < -0.4 is 0 Å². The number of benzene rings is 2. The molecule has 0 bridgehead atoms. The van der Waals surface area contributed by atoms with Gasteiger partial charge in [0.05, 0.1) is 10.9 Å². The summed E-state index contributed by atoms with van der Waals surface area (Å²) in [5, 5.41) is 11.9. The van der Waals surface area contributed by atoms with Crippen molar-refractivity contribution in [1.82, 2.24) is 0 Å². The van der Waals surface area contributed by atoms with Crippen molar-refractivity contribution < 1.29 is 13.5 Å². The molecule has 148 valence electrons. The third-order valence-electron chi connectivity index (χ3n) is 5.69. The third-order valence-corrected chi connectivity index (χ3v) is 7.63. The maximum Gasteiger partial charge on any atom is 0.175 e. The zero-order valence-corrected chi connectivity index (χ0v) is 16.8. The largest absolute Gasteiger partial charge is 0.385 e. The summed E-state index contributed by atoms with van der Waals surface area (Å²) in [6.07, 6.45) is 13.3. The summed E-state index contributed by atoms with van der Waals surface area (Å²) in [4.78, 5) is 0. The first kappa shape index (κ1) is 19.6. The lowest BCUT2D eigenvalue weighted by Crippen LogP contribution is -2.33. The summed E-state index contributed by atoms with van der Waals surface area (Å²) in [5.41, 5.74) is 0.905. The highest BCUT2D eigenvalue weighted by Gasteiger charge is 2.56. The Hall–Kier alpha value is -2.69. The van der Waals surface area contributed by atoms with Crippen molar-refractivity contribution in [3.63, 3.8) is 0 Å². The minimum Gasteiger partial charge on any atom is -0.385 e. The Balaban J connectivity index is 1.56. The van der Waals surface area contributed by atoms with Crippen LogP contribution in [0, 0.1) is 11.8 Å². The molecule has 3 nitrogen and oxygen atoms in total. The molecule has 2 aliphatic rings. The summed E-state index contributed by atoms with van der Waals surface area (Å²) >= 11 is 0. The lowest BCUT2D eigenvalue weighted by Gasteiger charge is -2.23. The summed E-state index contributed by atoms with van der Waals surface area (Å²) in [5.74, 6) is -0.674. The second kappa shape index (κ2) is 7.97. The predicted octanol–water partition coefficient (Wildman–Crippen LogP) is 4.65. The Bertz CT molecular complexity index is 1070. The monoisotopic (exact) mass is 404 g/mol. The number of aliphatic hydroxyl groups is 1. The zero-order chi connectivity index (χ0) is 20.3. The summed E-state index contributed by atoms with van der Waals surface area (Å²) in [7, 11) is -3.37. The van der Waals surface area contributed by atoms with Crippen molar-refractivity contribution >= 4 is 22.0 Å². The zero-order valence-electron chi connectivity index (χ0n) is 16.0. The fraction of sp³-hybridized carbons (Fsp3) is 0.200. The van der Waals surface area contributed by atoms with Gasteiger partial charge < -0.3 is 5.11 Å². The van der Waals surface area contributed by atoms with Crippen molar-refractivity contribution in [2.45, 2.75) is 17.3 Å². The van der Waals surface area contributed by atoms with Crippen LogP contribution in [0.15, 0.2) is 96.5 Å². The van der Waals surface area contributed by atoms with E-state index in [4.69, 9.17) is 0 Å². The highest BCUT2D eigenvalue weighted by atomic mass is 32.2. The van der Waals surface area contributed by atoms with E-state index in [1.54, 1.807) is 12.2 Å². The molecule has 4 heteroatoms. The van der Waals surface area contributed by atoms with Gasteiger partial charge in [0, 0.05) is 11.3 Å². The van der Waals surface area contributed by atoms with Crippen LogP contribution in [0.5, 0.6) is 0 Å². The molecule has 29 heavy (non-hydrogen) atoms. The van der Waals surface area contributed by atoms with E-state index in [0.29, 0.717) is 6.42 Å². The molecular weight excluding hydrogens is 380 g/mol. The van der Waals surface area contributed by atoms with Gasteiger partial charge in [-0.15, -0.1) is 0 Å². The molecule has 1 fully saturated rings. The van der Waals surface area contributed by atoms with E-state index in [1.165, 1.54) is 5.41 Å². The van der Waals surface area contributed by atoms with Gasteiger partial charge in [-0.1, -0.05) is 103 Å². The molecule has 1 saturated carbocycles. The summed E-state index contributed by atoms with van der Waals surface area (Å²) in [6, 6.07) is 19.7. The Morgan fingerprint density at radius 3 is 2.17 bits per heavy atom. The van der Waals surface area contributed by atoms with Crippen molar-refractivity contribution in [1.29, 1.82) is 0 Å². The molecule has 2 aromatic carbocycles. The fourth-order valence-electron chi connectivity index (χ4n) is 4.30. The molecule has 1 heterocycles. The molecule has 1 aliphatic carbocycles. The second-order valence-electron chi connectivity index (χ2n) is 7.67.